The smallest absolute Gasteiger partial charge is 0.292 e. The molecule has 0 spiro atoms. The second kappa shape index (κ2) is 8.59. The fraction of sp³-hybridized carbons (Fsp3) is 1.00. The molecule has 0 aromatic rings. The van der Waals surface area contributed by atoms with E-state index in [1.165, 1.54) is 0 Å². The van der Waals surface area contributed by atoms with Crippen molar-refractivity contribution in [3.05, 3.63) is 0 Å². The van der Waals surface area contributed by atoms with Crippen LogP contribution in [0.15, 0.2) is 0 Å². The first kappa shape index (κ1) is 15.5. The normalized spacial score (nSPS) is 14.2. The summed E-state index contributed by atoms with van der Waals surface area (Å²) < 4.78 is 0. The van der Waals surface area contributed by atoms with Crippen LogP contribution in [0, 0.1) is 0 Å². The van der Waals surface area contributed by atoms with Crippen molar-refractivity contribution in [2.24, 2.45) is 0 Å². The first-order valence-electron chi connectivity index (χ1n) is 5.35. The molecule has 0 aliphatic carbocycles. The molecule has 0 radical (unpaired) electrons. The largest absolute Gasteiger partial charge is 0.342 e. The van der Waals surface area contributed by atoms with Gasteiger partial charge in [0.1, 0.15) is 5.38 Å². The lowest BCUT2D eigenvalue weighted by Crippen LogP contribution is -2.38. The van der Waals surface area contributed by atoms with Crippen molar-refractivity contribution in [2.75, 3.05) is 5.88 Å². The fourth-order valence-corrected chi connectivity index (χ4v) is 1.66. The van der Waals surface area contributed by atoms with Crippen LogP contribution < -0.4 is 0 Å². The van der Waals surface area contributed by atoms with E-state index in [2.05, 4.69) is 0 Å². The molecule has 5 heteroatoms. The van der Waals surface area contributed by atoms with Gasteiger partial charge >= 0.3 is 0 Å². The number of rotatable bonds is 9. The monoisotopic (exact) mass is 258 g/mol. The van der Waals surface area contributed by atoms with Crippen LogP contribution in [0.1, 0.15) is 44.9 Å². The third-order valence-electron chi connectivity index (χ3n) is 2.26. The van der Waals surface area contributed by atoms with Crippen molar-refractivity contribution in [3.8, 4) is 0 Å². The van der Waals surface area contributed by atoms with Gasteiger partial charge in [0.25, 0.3) is 5.97 Å². The molecule has 0 aliphatic rings. The maximum Gasteiger partial charge on any atom is 0.292 e. The summed E-state index contributed by atoms with van der Waals surface area (Å²) in [5.74, 6) is -2.04. The second-order valence-corrected chi connectivity index (χ2v) is 4.66. The Bertz CT molecular complexity index is 148. The summed E-state index contributed by atoms with van der Waals surface area (Å²) in [6.45, 7) is 0. The topological polar surface area (TPSA) is 60.7 Å². The minimum absolute atomic E-state index is 0.403. The molecule has 0 rings (SSSR count). The van der Waals surface area contributed by atoms with Crippen molar-refractivity contribution in [1.29, 1.82) is 0 Å². The molecule has 3 N–H and O–H groups in total. The van der Waals surface area contributed by atoms with E-state index in [0.717, 1.165) is 38.5 Å². The molecule has 0 aromatic carbocycles. The SMILES string of the molecule is OC(O)(O)C(Cl)CCCCCCCCCl. The molecule has 1 atom stereocenters. The van der Waals surface area contributed by atoms with Gasteiger partial charge in [0.2, 0.25) is 0 Å². The third-order valence-corrected chi connectivity index (χ3v) is 3.04. The lowest BCUT2D eigenvalue weighted by molar-refractivity contribution is -0.311. The minimum atomic E-state index is -2.75. The van der Waals surface area contributed by atoms with Gasteiger partial charge in [0.15, 0.2) is 0 Å². The Morgan fingerprint density at radius 1 is 0.867 bits per heavy atom. The Hall–Kier alpha value is 0.460. The maximum atomic E-state index is 8.72. The molecule has 0 heterocycles. The lowest BCUT2D eigenvalue weighted by Gasteiger charge is -2.19. The van der Waals surface area contributed by atoms with Crippen molar-refractivity contribution in [2.45, 2.75) is 56.3 Å². The molecular weight excluding hydrogens is 239 g/mol. The van der Waals surface area contributed by atoms with Crippen LogP contribution in [0.2, 0.25) is 0 Å². The summed E-state index contributed by atoms with van der Waals surface area (Å²) in [7, 11) is 0. The standard InChI is InChI=1S/C10H20Cl2O3/c11-8-6-4-2-1-3-5-7-9(12)10(13,14)15/h9,13-15H,1-8H2. The molecule has 0 fully saturated rings. The zero-order chi connectivity index (χ0) is 11.7. The lowest BCUT2D eigenvalue weighted by atomic mass is 10.1. The van der Waals surface area contributed by atoms with Crippen molar-refractivity contribution < 1.29 is 15.3 Å². The van der Waals surface area contributed by atoms with E-state index < -0.39 is 11.4 Å². The predicted molar refractivity (Wildman–Crippen MR) is 62.1 cm³/mol. The average Bonchev–Trinajstić information content (AvgIpc) is 2.14. The molecule has 15 heavy (non-hydrogen) atoms. The Morgan fingerprint density at radius 3 is 1.80 bits per heavy atom. The van der Waals surface area contributed by atoms with Crippen LogP contribution in [0.4, 0.5) is 0 Å². The number of hydrogen-bond acceptors (Lipinski definition) is 3. The Morgan fingerprint density at radius 2 is 1.33 bits per heavy atom. The first-order chi connectivity index (χ1) is 6.98. The quantitative estimate of drug-likeness (QED) is 0.338. The third kappa shape index (κ3) is 9.39. The Labute approximate surface area is 101 Å². The second-order valence-electron chi connectivity index (χ2n) is 3.75. The van der Waals surface area contributed by atoms with E-state index in [4.69, 9.17) is 38.5 Å². The molecule has 3 nitrogen and oxygen atoms in total. The first-order valence-corrected chi connectivity index (χ1v) is 6.32. The van der Waals surface area contributed by atoms with Crippen LogP contribution >= 0.6 is 23.2 Å². The minimum Gasteiger partial charge on any atom is -0.342 e. The predicted octanol–water partition coefficient (Wildman–Crippen LogP) is 2.19. The van der Waals surface area contributed by atoms with E-state index in [0.29, 0.717) is 12.3 Å². The van der Waals surface area contributed by atoms with E-state index >= 15 is 0 Å². The molecule has 0 aromatic heterocycles. The summed E-state index contributed by atoms with van der Waals surface area (Å²) in [6.07, 6.45) is 6.60. The van der Waals surface area contributed by atoms with E-state index in [9.17, 15) is 0 Å². The van der Waals surface area contributed by atoms with Crippen LogP contribution in [-0.2, 0) is 0 Å². The fourth-order valence-electron chi connectivity index (χ4n) is 1.32. The molecule has 0 aliphatic heterocycles. The van der Waals surface area contributed by atoms with E-state index in [1.807, 2.05) is 0 Å². The molecular formula is C10H20Cl2O3. The highest BCUT2D eigenvalue weighted by atomic mass is 35.5. The van der Waals surface area contributed by atoms with Gasteiger partial charge < -0.3 is 15.3 Å². The summed E-state index contributed by atoms with van der Waals surface area (Å²) in [5, 5.41) is 25.2. The van der Waals surface area contributed by atoms with E-state index in [1.54, 1.807) is 0 Å². The van der Waals surface area contributed by atoms with Gasteiger partial charge in [0, 0.05) is 5.88 Å². The van der Waals surface area contributed by atoms with Gasteiger partial charge in [-0.1, -0.05) is 32.1 Å². The maximum absolute atomic E-state index is 8.72. The number of alkyl halides is 2. The zero-order valence-corrected chi connectivity index (χ0v) is 10.3. The number of aliphatic hydroxyl groups is 3. The van der Waals surface area contributed by atoms with E-state index in [-0.39, 0.29) is 0 Å². The van der Waals surface area contributed by atoms with Gasteiger partial charge in [-0.15, -0.1) is 23.2 Å². The average molecular weight is 259 g/mol. The molecule has 0 saturated heterocycles. The van der Waals surface area contributed by atoms with Gasteiger partial charge in [-0.3, -0.25) is 0 Å². The van der Waals surface area contributed by atoms with Crippen LogP contribution in [0.5, 0.6) is 0 Å². The van der Waals surface area contributed by atoms with Gasteiger partial charge in [-0.25, -0.2) is 0 Å². The van der Waals surface area contributed by atoms with Gasteiger partial charge in [-0.2, -0.15) is 0 Å². The molecule has 1 unspecified atom stereocenters. The van der Waals surface area contributed by atoms with Crippen molar-refractivity contribution in [3.63, 3.8) is 0 Å². The van der Waals surface area contributed by atoms with Gasteiger partial charge in [-0.05, 0) is 12.8 Å². The van der Waals surface area contributed by atoms with Crippen LogP contribution in [0.25, 0.3) is 0 Å². The summed E-state index contributed by atoms with van der Waals surface area (Å²) in [6, 6.07) is 0. The van der Waals surface area contributed by atoms with Crippen molar-refractivity contribution >= 4 is 23.2 Å². The summed E-state index contributed by atoms with van der Waals surface area (Å²) in [4.78, 5) is 0. The molecule has 0 saturated carbocycles. The Balaban J connectivity index is 3.24. The summed E-state index contributed by atoms with van der Waals surface area (Å²) >= 11 is 11.1. The number of unbranched alkanes of at least 4 members (excludes halogenated alkanes) is 5. The highest BCUT2D eigenvalue weighted by Crippen LogP contribution is 2.18. The highest BCUT2D eigenvalue weighted by Gasteiger charge is 2.29. The molecule has 92 valence electrons. The Kier molecular flexibility index (Phi) is 8.86. The van der Waals surface area contributed by atoms with Crippen molar-refractivity contribution in [1.82, 2.24) is 0 Å². The van der Waals surface area contributed by atoms with Gasteiger partial charge in [0.05, 0.1) is 0 Å². The number of hydrogen-bond donors (Lipinski definition) is 3. The molecule has 0 bridgehead atoms. The highest BCUT2D eigenvalue weighted by molar-refractivity contribution is 6.21. The van der Waals surface area contributed by atoms with Crippen LogP contribution in [0.3, 0.4) is 0 Å². The zero-order valence-electron chi connectivity index (χ0n) is 8.83. The molecule has 0 amide bonds. The summed E-state index contributed by atoms with van der Waals surface area (Å²) in [5.41, 5.74) is 0. The van der Waals surface area contributed by atoms with Crippen LogP contribution in [-0.4, -0.2) is 32.5 Å². The number of halogens is 2.